The van der Waals surface area contributed by atoms with Crippen LogP contribution in [0.25, 0.3) is 21.8 Å². The number of halogens is 1. The lowest BCUT2D eigenvalue weighted by Gasteiger charge is -2.17. The molecule has 3 rings (SSSR count). The molecule has 0 amide bonds. The summed E-state index contributed by atoms with van der Waals surface area (Å²) in [5, 5.41) is 6.38. The van der Waals surface area contributed by atoms with Crippen molar-refractivity contribution in [2.24, 2.45) is 0 Å². The molecule has 0 saturated heterocycles. The molecular formula is C23H30ClN3O2. The monoisotopic (exact) mass is 415 g/mol. The molecule has 0 spiro atoms. The highest BCUT2D eigenvalue weighted by Crippen LogP contribution is 2.34. The van der Waals surface area contributed by atoms with E-state index in [-0.39, 0.29) is 0 Å². The van der Waals surface area contributed by atoms with E-state index in [0.29, 0.717) is 5.02 Å². The average Bonchev–Trinajstić information content (AvgIpc) is 2.74. The van der Waals surface area contributed by atoms with E-state index in [1.54, 1.807) is 7.11 Å². The summed E-state index contributed by atoms with van der Waals surface area (Å²) in [5.41, 5.74) is 2.86. The van der Waals surface area contributed by atoms with E-state index >= 15 is 0 Å². The SMILES string of the molecule is CCN(CC)CCOCCCNc1c2ccc(Cl)cc2nc2ccc(OC)cc12. The zero-order valence-electron chi connectivity index (χ0n) is 17.5. The van der Waals surface area contributed by atoms with Crippen LogP contribution in [0, 0.1) is 0 Å². The van der Waals surface area contributed by atoms with Gasteiger partial charge in [-0.2, -0.15) is 0 Å². The van der Waals surface area contributed by atoms with Gasteiger partial charge in [-0.05, 0) is 55.9 Å². The molecule has 1 aromatic heterocycles. The van der Waals surface area contributed by atoms with Crippen molar-refractivity contribution in [1.82, 2.24) is 9.88 Å². The molecule has 2 aromatic carbocycles. The van der Waals surface area contributed by atoms with Gasteiger partial charge in [-0.15, -0.1) is 0 Å². The van der Waals surface area contributed by atoms with E-state index in [1.807, 2.05) is 36.4 Å². The lowest BCUT2D eigenvalue weighted by atomic mass is 10.1. The van der Waals surface area contributed by atoms with Crippen LogP contribution in [0.4, 0.5) is 5.69 Å². The normalized spacial score (nSPS) is 11.5. The number of hydrogen-bond donors (Lipinski definition) is 1. The number of anilines is 1. The number of aromatic nitrogens is 1. The van der Waals surface area contributed by atoms with Gasteiger partial charge < -0.3 is 19.7 Å². The molecule has 0 aliphatic rings. The van der Waals surface area contributed by atoms with Crippen LogP contribution in [-0.2, 0) is 4.74 Å². The summed E-state index contributed by atoms with van der Waals surface area (Å²) in [6, 6.07) is 11.8. The summed E-state index contributed by atoms with van der Waals surface area (Å²) in [5.74, 6) is 0.815. The molecule has 5 nitrogen and oxygen atoms in total. The Hall–Kier alpha value is -2.08. The first kappa shape index (κ1) is 21.6. The number of rotatable bonds is 11. The van der Waals surface area contributed by atoms with Crippen LogP contribution >= 0.6 is 11.6 Å². The maximum atomic E-state index is 6.19. The average molecular weight is 416 g/mol. The van der Waals surface area contributed by atoms with Gasteiger partial charge in [-0.1, -0.05) is 25.4 Å². The molecule has 0 radical (unpaired) electrons. The van der Waals surface area contributed by atoms with E-state index < -0.39 is 0 Å². The molecule has 1 N–H and O–H groups in total. The van der Waals surface area contributed by atoms with Crippen molar-refractivity contribution >= 4 is 39.1 Å². The number of hydrogen-bond acceptors (Lipinski definition) is 5. The summed E-state index contributed by atoms with van der Waals surface area (Å²) in [4.78, 5) is 7.13. The van der Waals surface area contributed by atoms with Crippen LogP contribution in [0.1, 0.15) is 20.3 Å². The summed E-state index contributed by atoms with van der Waals surface area (Å²) < 4.78 is 11.2. The van der Waals surface area contributed by atoms with Crippen LogP contribution in [0.15, 0.2) is 36.4 Å². The summed E-state index contributed by atoms with van der Waals surface area (Å²) >= 11 is 6.19. The Morgan fingerprint density at radius 1 is 1.00 bits per heavy atom. The molecule has 0 saturated carbocycles. The second kappa shape index (κ2) is 10.6. The maximum absolute atomic E-state index is 6.19. The van der Waals surface area contributed by atoms with E-state index in [1.165, 1.54) is 0 Å². The van der Waals surface area contributed by atoms with Crippen LogP contribution in [-0.4, -0.2) is 56.4 Å². The predicted molar refractivity (Wildman–Crippen MR) is 123 cm³/mol. The predicted octanol–water partition coefficient (Wildman–Crippen LogP) is 5.21. The molecule has 0 unspecified atom stereocenters. The van der Waals surface area contributed by atoms with Gasteiger partial charge in [-0.25, -0.2) is 4.98 Å². The molecule has 0 bridgehead atoms. The lowest BCUT2D eigenvalue weighted by molar-refractivity contribution is 0.107. The van der Waals surface area contributed by atoms with E-state index in [4.69, 9.17) is 26.1 Å². The Morgan fingerprint density at radius 2 is 1.83 bits per heavy atom. The first-order valence-electron chi connectivity index (χ1n) is 10.3. The topological polar surface area (TPSA) is 46.6 Å². The van der Waals surface area contributed by atoms with Gasteiger partial charge in [0.1, 0.15) is 5.75 Å². The van der Waals surface area contributed by atoms with Crippen molar-refractivity contribution in [3.05, 3.63) is 41.4 Å². The molecule has 0 atom stereocenters. The first-order valence-corrected chi connectivity index (χ1v) is 10.6. The zero-order valence-corrected chi connectivity index (χ0v) is 18.3. The number of benzene rings is 2. The Labute approximate surface area is 178 Å². The smallest absolute Gasteiger partial charge is 0.119 e. The third kappa shape index (κ3) is 5.50. The molecule has 1 heterocycles. The zero-order chi connectivity index (χ0) is 20.6. The van der Waals surface area contributed by atoms with Crippen LogP contribution in [0.5, 0.6) is 5.75 Å². The van der Waals surface area contributed by atoms with Crippen molar-refractivity contribution in [3.8, 4) is 5.75 Å². The molecule has 0 aliphatic heterocycles. The number of likely N-dealkylation sites (N-methyl/N-ethyl adjacent to an activating group) is 1. The second-order valence-electron chi connectivity index (χ2n) is 6.95. The van der Waals surface area contributed by atoms with Gasteiger partial charge >= 0.3 is 0 Å². The van der Waals surface area contributed by atoms with E-state index in [0.717, 1.165) is 79.1 Å². The fourth-order valence-electron chi connectivity index (χ4n) is 3.44. The van der Waals surface area contributed by atoms with E-state index in [9.17, 15) is 0 Å². The van der Waals surface area contributed by atoms with Crippen LogP contribution in [0.2, 0.25) is 5.02 Å². The Morgan fingerprint density at radius 3 is 2.59 bits per heavy atom. The van der Waals surface area contributed by atoms with Gasteiger partial charge in [0.2, 0.25) is 0 Å². The minimum absolute atomic E-state index is 0.686. The summed E-state index contributed by atoms with van der Waals surface area (Å²) in [6.45, 7) is 9.81. The Kier molecular flexibility index (Phi) is 7.92. The molecule has 6 heteroatoms. The Bertz CT molecular complexity index is 944. The van der Waals surface area contributed by atoms with Gasteiger partial charge in [0.25, 0.3) is 0 Å². The molecule has 3 aromatic rings. The first-order chi connectivity index (χ1) is 14.2. The van der Waals surface area contributed by atoms with Gasteiger partial charge in [-0.3, -0.25) is 0 Å². The fourth-order valence-corrected chi connectivity index (χ4v) is 3.60. The summed E-state index contributed by atoms with van der Waals surface area (Å²) in [6.07, 6.45) is 0.932. The highest BCUT2D eigenvalue weighted by molar-refractivity contribution is 6.31. The van der Waals surface area contributed by atoms with E-state index in [2.05, 4.69) is 24.1 Å². The molecule has 156 valence electrons. The molecule has 0 fully saturated rings. The number of pyridine rings is 1. The van der Waals surface area contributed by atoms with Crippen molar-refractivity contribution in [2.45, 2.75) is 20.3 Å². The number of methoxy groups -OCH3 is 1. The van der Waals surface area contributed by atoms with Crippen LogP contribution in [0.3, 0.4) is 0 Å². The third-order valence-electron chi connectivity index (χ3n) is 5.16. The largest absolute Gasteiger partial charge is 0.497 e. The highest BCUT2D eigenvalue weighted by atomic mass is 35.5. The Balaban J connectivity index is 1.69. The van der Waals surface area contributed by atoms with Crippen molar-refractivity contribution < 1.29 is 9.47 Å². The minimum atomic E-state index is 0.686. The second-order valence-corrected chi connectivity index (χ2v) is 7.39. The molecular weight excluding hydrogens is 386 g/mol. The van der Waals surface area contributed by atoms with Crippen LogP contribution < -0.4 is 10.1 Å². The van der Waals surface area contributed by atoms with Gasteiger partial charge in [0.15, 0.2) is 0 Å². The lowest BCUT2D eigenvalue weighted by Crippen LogP contribution is -2.27. The fraction of sp³-hybridized carbons (Fsp3) is 0.435. The quantitative estimate of drug-likeness (QED) is 0.344. The van der Waals surface area contributed by atoms with Gasteiger partial charge in [0, 0.05) is 35.5 Å². The number of fused-ring (bicyclic) bond motifs is 2. The molecule has 29 heavy (non-hydrogen) atoms. The van der Waals surface area contributed by atoms with Crippen molar-refractivity contribution in [1.29, 1.82) is 0 Å². The third-order valence-corrected chi connectivity index (χ3v) is 5.39. The highest BCUT2D eigenvalue weighted by Gasteiger charge is 2.10. The summed E-state index contributed by atoms with van der Waals surface area (Å²) in [7, 11) is 1.68. The van der Waals surface area contributed by atoms with Crippen molar-refractivity contribution in [2.75, 3.05) is 51.8 Å². The minimum Gasteiger partial charge on any atom is -0.497 e. The maximum Gasteiger partial charge on any atom is 0.119 e. The standard InChI is InChI=1S/C23H30ClN3O2/c1-4-27(5-2)12-14-29-13-6-11-25-23-19-9-7-17(24)15-22(19)26-21-10-8-18(28-3)16-20(21)23/h7-10,15-16H,4-6,11-14H2,1-3H3,(H,25,26). The molecule has 0 aliphatic carbocycles. The number of nitrogens with one attached hydrogen (secondary N) is 1. The van der Waals surface area contributed by atoms with Crippen molar-refractivity contribution in [3.63, 3.8) is 0 Å². The van der Waals surface area contributed by atoms with Gasteiger partial charge in [0.05, 0.1) is 30.4 Å². The number of ether oxygens (including phenoxy) is 2. The number of nitrogens with zero attached hydrogens (tertiary/aromatic N) is 2.